The van der Waals surface area contributed by atoms with Crippen molar-refractivity contribution in [1.82, 2.24) is 5.48 Å². The van der Waals surface area contributed by atoms with Crippen LogP contribution in [0.25, 0.3) is 0 Å². The van der Waals surface area contributed by atoms with E-state index >= 15 is 0 Å². The maximum Gasteiger partial charge on any atom is 0.156 e. The monoisotopic (exact) mass is 131 g/mol. The molecule has 0 spiro atoms. The second-order valence-corrected chi connectivity index (χ2v) is 1.00. The maximum atomic E-state index is 4.42. The molecule has 0 aromatic heterocycles. The first kappa shape index (κ1) is 7.90. The number of nitrogens with one attached hydrogen (secondary N) is 1. The molecular weight excluding hydrogens is 122 g/mol. The molecule has 0 rings (SSSR count). The Bertz CT molecular complexity index is 102. The van der Waals surface area contributed by atoms with Crippen molar-refractivity contribution in [3.05, 3.63) is 0 Å². The smallest absolute Gasteiger partial charge is 0.156 e. The van der Waals surface area contributed by atoms with Gasteiger partial charge in [0.15, 0.2) is 6.34 Å². The van der Waals surface area contributed by atoms with Crippen LogP contribution in [0.4, 0.5) is 0 Å². The zero-order valence-corrected chi connectivity index (χ0v) is 5.37. The number of nitrogens with zero attached hydrogens (tertiary/aromatic N) is 2. The minimum absolute atomic E-state index is 1.24. The van der Waals surface area contributed by atoms with Crippen molar-refractivity contribution in [3.8, 4) is 0 Å². The lowest BCUT2D eigenvalue weighted by molar-refractivity contribution is 0.148. The predicted octanol–water partition coefficient (Wildman–Crippen LogP) is -0.245. The van der Waals surface area contributed by atoms with Gasteiger partial charge in [0, 0.05) is 0 Å². The molecule has 0 aliphatic heterocycles. The number of aliphatic imine (C=N–C) groups is 1. The Kier molecular flexibility index (Phi) is 6.06. The van der Waals surface area contributed by atoms with Crippen LogP contribution in [0, 0.1) is 0 Å². The molecule has 0 saturated carbocycles. The van der Waals surface area contributed by atoms with Gasteiger partial charge in [-0.25, -0.2) is 4.99 Å². The molecule has 0 unspecified atom stereocenters. The summed E-state index contributed by atoms with van der Waals surface area (Å²) in [6.07, 6.45) is 2.58. The van der Waals surface area contributed by atoms with Gasteiger partial charge in [-0.05, 0) is 0 Å². The molecule has 5 heteroatoms. The third-order valence-electron chi connectivity index (χ3n) is 0.464. The number of rotatable bonds is 4. The van der Waals surface area contributed by atoms with E-state index in [1.807, 2.05) is 0 Å². The highest BCUT2D eigenvalue weighted by atomic mass is 16.6. The second kappa shape index (κ2) is 6.90. The highest BCUT2D eigenvalue weighted by molar-refractivity contribution is 5.69. The van der Waals surface area contributed by atoms with E-state index < -0.39 is 0 Å². The van der Waals surface area contributed by atoms with Crippen LogP contribution in [0.5, 0.6) is 0 Å². The second-order valence-electron chi connectivity index (χ2n) is 1.00. The van der Waals surface area contributed by atoms with Crippen molar-refractivity contribution >= 4 is 12.7 Å². The summed E-state index contributed by atoms with van der Waals surface area (Å²) in [4.78, 5) is 12.3. The van der Waals surface area contributed by atoms with Gasteiger partial charge in [-0.3, -0.25) is 10.3 Å². The van der Waals surface area contributed by atoms with Gasteiger partial charge >= 0.3 is 0 Å². The van der Waals surface area contributed by atoms with Gasteiger partial charge in [-0.1, -0.05) is 5.16 Å². The van der Waals surface area contributed by atoms with Crippen LogP contribution in [-0.2, 0) is 9.68 Å². The predicted molar refractivity (Wildman–Crippen MR) is 34.1 cm³/mol. The van der Waals surface area contributed by atoms with Crippen molar-refractivity contribution in [1.29, 1.82) is 0 Å². The zero-order chi connectivity index (χ0) is 6.95. The molecule has 0 aromatic carbocycles. The van der Waals surface area contributed by atoms with Crippen molar-refractivity contribution in [2.45, 2.75) is 0 Å². The van der Waals surface area contributed by atoms with Crippen molar-refractivity contribution in [3.63, 3.8) is 0 Å². The summed E-state index contributed by atoms with van der Waals surface area (Å²) < 4.78 is 0. The van der Waals surface area contributed by atoms with Crippen molar-refractivity contribution < 1.29 is 9.68 Å². The summed E-state index contributed by atoms with van der Waals surface area (Å²) >= 11 is 0. The molecule has 0 heterocycles. The molecule has 0 aromatic rings. The first-order valence-corrected chi connectivity index (χ1v) is 2.27. The van der Waals surface area contributed by atoms with E-state index in [1.165, 1.54) is 26.9 Å². The van der Waals surface area contributed by atoms with Gasteiger partial charge in [-0.15, -0.1) is 0 Å². The van der Waals surface area contributed by atoms with Gasteiger partial charge < -0.3 is 4.84 Å². The third-order valence-corrected chi connectivity index (χ3v) is 0.464. The number of hydrogen-bond acceptors (Lipinski definition) is 3. The molecule has 0 saturated heterocycles. The van der Waals surface area contributed by atoms with E-state index in [0.29, 0.717) is 0 Å². The molecule has 1 N–H and O–H groups in total. The number of oxime groups is 1. The first-order chi connectivity index (χ1) is 4.41. The fraction of sp³-hybridized carbons (Fsp3) is 0.500. The largest absolute Gasteiger partial charge is 0.398 e. The highest BCUT2D eigenvalue weighted by Crippen LogP contribution is 1.62. The summed E-state index contributed by atoms with van der Waals surface area (Å²) in [5.41, 5.74) is 2.37. The lowest BCUT2D eigenvalue weighted by Crippen LogP contribution is -2.07. The van der Waals surface area contributed by atoms with Crippen LogP contribution in [0.2, 0.25) is 0 Å². The van der Waals surface area contributed by atoms with Gasteiger partial charge in [-0.2, -0.15) is 0 Å². The Morgan fingerprint density at radius 2 is 2.22 bits per heavy atom. The van der Waals surface area contributed by atoms with E-state index in [0.717, 1.165) is 0 Å². The molecule has 5 nitrogen and oxygen atoms in total. The van der Waals surface area contributed by atoms with E-state index in [2.05, 4.69) is 25.3 Å². The highest BCUT2D eigenvalue weighted by Gasteiger charge is 1.64. The Morgan fingerprint density at radius 3 is 2.78 bits per heavy atom. The average Bonchev–Trinajstić information content (AvgIpc) is 1.89. The molecule has 0 amide bonds. The van der Waals surface area contributed by atoms with Crippen LogP contribution in [-0.4, -0.2) is 26.9 Å². The summed E-state index contributed by atoms with van der Waals surface area (Å²) in [7, 11) is 2.93. The van der Waals surface area contributed by atoms with Crippen LogP contribution in [0.3, 0.4) is 0 Å². The molecule has 0 fully saturated rings. The quantitative estimate of drug-likeness (QED) is 0.325. The van der Waals surface area contributed by atoms with Crippen LogP contribution in [0.15, 0.2) is 10.1 Å². The molecule has 0 bridgehead atoms. The number of hydrogen-bond donors (Lipinski definition) is 1. The Labute approximate surface area is 53.3 Å². The van der Waals surface area contributed by atoms with Gasteiger partial charge in [0.1, 0.15) is 13.4 Å². The molecule has 0 radical (unpaired) electrons. The maximum absolute atomic E-state index is 4.42. The average molecular weight is 131 g/mol. The third kappa shape index (κ3) is 6.90. The fourth-order valence-electron chi connectivity index (χ4n) is 0.191. The van der Waals surface area contributed by atoms with Gasteiger partial charge in [0.2, 0.25) is 0 Å². The minimum Gasteiger partial charge on any atom is -0.398 e. The minimum atomic E-state index is 1.24. The number of hydroxylamine groups is 1. The van der Waals surface area contributed by atoms with E-state index in [4.69, 9.17) is 0 Å². The van der Waals surface area contributed by atoms with Gasteiger partial charge in [0.05, 0.1) is 7.11 Å². The summed E-state index contributed by atoms with van der Waals surface area (Å²) in [5, 5.41) is 3.33. The molecule has 0 aliphatic carbocycles. The Morgan fingerprint density at radius 1 is 1.44 bits per heavy atom. The summed E-state index contributed by atoms with van der Waals surface area (Å²) in [6, 6.07) is 0. The first-order valence-electron chi connectivity index (χ1n) is 2.27. The van der Waals surface area contributed by atoms with Gasteiger partial charge in [0.25, 0.3) is 0 Å². The zero-order valence-electron chi connectivity index (χ0n) is 5.37. The molecular formula is C4H9N3O2. The Balaban J connectivity index is 3.13. The van der Waals surface area contributed by atoms with E-state index in [1.54, 1.807) is 0 Å². The normalized spacial score (nSPS) is 10.9. The molecule has 0 atom stereocenters. The Hall–Kier alpha value is -1.10. The van der Waals surface area contributed by atoms with Crippen LogP contribution >= 0.6 is 0 Å². The van der Waals surface area contributed by atoms with Crippen molar-refractivity contribution in [2.75, 3.05) is 14.2 Å². The summed E-state index contributed by atoms with van der Waals surface area (Å²) in [5.74, 6) is 0. The standard InChI is InChI=1S/C4H9N3O2/c1-8-6-3-5-4-7-9-2/h3-4H,1-2H3,(H,5,6,7). The summed E-state index contributed by atoms with van der Waals surface area (Å²) in [6.45, 7) is 0. The van der Waals surface area contributed by atoms with Crippen molar-refractivity contribution in [2.24, 2.45) is 10.1 Å². The molecule has 9 heavy (non-hydrogen) atoms. The van der Waals surface area contributed by atoms with E-state index in [-0.39, 0.29) is 0 Å². The lowest BCUT2D eigenvalue weighted by Gasteiger charge is -1.87. The SMILES string of the molecule is CO/N=C/N=CNOC. The molecule has 52 valence electrons. The topological polar surface area (TPSA) is 55.2 Å². The molecule has 0 aliphatic rings. The fourth-order valence-corrected chi connectivity index (χ4v) is 0.191. The van der Waals surface area contributed by atoms with Crippen LogP contribution < -0.4 is 5.48 Å². The van der Waals surface area contributed by atoms with Crippen LogP contribution in [0.1, 0.15) is 0 Å². The van der Waals surface area contributed by atoms with E-state index in [9.17, 15) is 0 Å². The lowest BCUT2D eigenvalue weighted by atomic mass is 11.2.